The van der Waals surface area contributed by atoms with Crippen molar-refractivity contribution in [2.24, 2.45) is 10.7 Å². The lowest BCUT2D eigenvalue weighted by Gasteiger charge is -2.14. The minimum absolute atomic E-state index is 0. The fourth-order valence-electron chi connectivity index (χ4n) is 2.88. The normalized spacial score (nSPS) is 18.6. The minimum atomic E-state index is 0. The van der Waals surface area contributed by atoms with Crippen LogP contribution in [0.25, 0.3) is 0 Å². The Morgan fingerprint density at radius 1 is 1.12 bits per heavy atom. The molecule has 0 heterocycles. The molecule has 26 heavy (non-hydrogen) atoms. The van der Waals surface area contributed by atoms with Crippen LogP contribution in [0.1, 0.15) is 31.7 Å². The molecule has 2 aromatic rings. The zero-order valence-corrected chi connectivity index (χ0v) is 17.5. The van der Waals surface area contributed by atoms with E-state index in [4.69, 9.17) is 15.2 Å². The number of hydrogen-bond acceptors (Lipinski definition) is 3. The quantitative estimate of drug-likeness (QED) is 0.360. The molecular formula is C20H26IN3O2. The van der Waals surface area contributed by atoms with Gasteiger partial charge >= 0.3 is 0 Å². The number of nitrogens with two attached hydrogens (primary N) is 1. The molecule has 5 nitrogen and oxygen atoms in total. The van der Waals surface area contributed by atoms with Crippen LogP contribution >= 0.6 is 24.0 Å². The number of hydrogen-bond donors (Lipinski definition) is 2. The molecule has 1 aliphatic rings. The van der Waals surface area contributed by atoms with E-state index in [0.717, 1.165) is 23.6 Å². The van der Waals surface area contributed by atoms with Crippen LogP contribution in [0.5, 0.6) is 11.5 Å². The van der Waals surface area contributed by atoms with E-state index in [-0.39, 0.29) is 30.0 Å². The van der Waals surface area contributed by atoms with E-state index in [9.17, 15) is 0 Å². The number of guanidine groups is 1. The molecule has 0 saturated heterocycles. The van der Waals surface area contributed by atoms with Crippen molar-refractivity contribution in [2.45, 2.75) is 32.2 Å². The lowest BCUT2D eigenvalue weighted by Crippen LogP contribution is -2.23. The van der Waals surface area contributed by atoms with Gasteiger partial charge in [0.25, 0.3) is 0 Å². The van der Waals surface area contributed by atoms with Crippen molar-refractivity contribution in [3.63, 3.8) is 0 Å². The Balaban J connectivity index is 0.00000243. The van der Waals surface area contributed by atoms with Gasteiger partial charge in [-0.2, -0.15) is 0 Å². The van der Waals surface area contributed by atoms with Crippen molar-refractivity contribution in [2.75, 3.05) is 18.5 Å². The summed E-state index contributed by atoms with van der Waals surface area (Å²) in [5.41, 5.74) is 8.20. The summed E-state index contributed by atoms with van der Waals surface area (Å²) in [7, 11) is 0. The summed E-state index contributed by atoms with van der Waals surface area (Å²) >= 11 is 0. The van der Waals surface area contributed by atoms with E-state index in [1.54, 1.807) is 0 Å². The maximum Gasteiger partial charge on any atom is 0.193 e. The zero-order valence-electron chi connectivity index (χ0n) is 15.1. The van der Waals surface area contributed by atoms with E-state index >= 15 is 0 Å². The van der Waals surface area contributed by atoms with Crippen molar-refractivity contribution in [1.29, 1.82) is 0 Å². The fraction of sp³-hybridized carbons (Fsp3) is 0.350. The average Bonchev–Trinajstić information content (AvgIpc) is 3.37. The molecular weight excluding hydrogens is 441 g/mol. The van der Waals surface area contributed by atoms with E-state index in [1.165, 1.54) is 5.56 Å². The third-order valence-electron chi connectivity index (χ3n) is 4.11. The van der Waals surface area contributed by atoms with Crippen molar-refractivity contribution >= 4 is 35.6 Å². The van der Waals surface area contributed by atoms with Crippen LogP contribution in [0.2, 0.25) is 0 Å². The third kappa shape index (κ3) is 5.27. The van der Waals surface area contributed by atoms with Crippen LogP contribution in [0, 0.1) is 0 Å². The largest absolute Gasteiger partial charge is 0.494 e. The van der Waals surface area contributed by atoms with E-state index in [0.29, 0.717) is 25.1 Å². The van der Waals surface area contributed by atoms with Gasteiger partial charge < -0.3 is 20.5 Å². The first kappa shape index (κ1) is 20.4. The van der Waals surface area contributed by atoms with Gasteiger partial charge in [-0.3, -0.25) is 0 Å². The topological polar surface area (TPSA) is 68.9 Å². The second kappa shape index (κ2) is 9.66. The van der Waals surface area contributed by atoms with Crippen molar-refractivity contribution in [3.8, 4) is 11.5 Å². The summed E-state index contributed by atoms with van der Waals surface area (Å²) in [5.74, 6) is 2.37. The molecule has 2 atom stereocenters. The maximum atomic E-state index is 6.12. The number of nitrogens with one attached hydrogen (secondary N) is 1. The average molecular weight is 467 g/mol. The monoisotopic (exact) mass is 467 g/mol. The number of nitrogens with zero attached hydrogens (tertiary/aromatic N) is 1. The van der Waals surface area contributed by atoms with Crippen LogP contribution in [0.3, 0.4) is 0 Å². The van der Waals surface area contributed by atoms with Gasteiger partial charge in [0, 0.05) is 12.0 Å². The van der Waals surface area contributed by atoms with E-state index in [1.807, 2.05) is 38.1 Å². The highest BCUT2D eigenvalue weighted by Gasteiger charge is 2.38. The molecule has 0 spiro atoms. The molecule has 1 aliphatic carbocycles. The van der Waals surface area contributed by atoms with Gasteiger partial charge in [0.05, 0.1) is 24.9 Å². The molecule has 1 saturated carbocycles. The first-order chi connectivity index (χ1) is 12.2. The zero-order chi connectivity index (χ0) is 17.6. The van der Waals surface area contributed by atoms with Gasteiger partial charge in [-0.1, -0.05) is 30.3 Å². The standard InChI is InChI=1S/C20H25N3O2.HI/c1-3-24-15-10-11-19(25-4-2)18(12-15)23-20(21)22-17-13-16(17)14-8-6-5-7-9-14;/h5-12,16-17H,3-4,13H2,1-2H3,(H3,21,22,23);1H. The first-order valence-corrected chi connectivity index (χ1v) is 8.76. The smallest absolute Gasteiger partial charge is 0.193 e. The van der Waals surface area contributed by atoms with Gasteiger partial charge in [0.2, 0.25) is 0 Å². The third-order valence-corrected chi connectivity index (χ3v) is 4.11. The van der Waals surface area contributed by atoms with Gasteiger partial charge in [0.1, 0.15) is 11.5 Å². The SMILES string of the molecule is CCOc1ccc(OCC)c(NC(N)=NC2CC2c2ccccc2)c1.I. The minimum Gasteiger partial charge on any atom is -0.494 e. The van der Waals surface area contributed by atoms with Gasteiger partial charge in [-0.15, -0.1) is 24.0 Å². The highest BCUT2D eigenvalue weighted by molar-refractivity contribution is 14.0. The van der Waals surface area contributed by atoms with Crippen LogP contribution in [-0.2, 0) is 0 Å². The predicted octanol–water partition coefficient (Wildman–Crippen LogP) is 4.38. The molecule has 140 valence electrons. The number of aliphatic imine (C=N–C) groups is 1. The Kier molecular flexibility index (Phi) is 7.56. The Bertz CT molecular complexity index is 737. The number of benzene rings is 2. The Morgan fingerprint density at radius 2 is 1.85 bits per heavy atom. The summed E-state index contributed by atoms with van der Waals surface area (Å²) in [6.45, 7) is 5.10. The molecule has 0 radical (unpaired) electrons. The molecule has 6 heteroatoms. The maximum absolute atomic E-state index is 6.12. The second-order valence-electron chi connectivity index (χ2n) is 5.98. The van der Waals surface area contributed by atoms with Crippen LogP contribution in [0.15, 0.2) is 53.5 Å². The predicted molar refractivity (Wildman–Crippen MR) is 117 cm³/mol. The molecule has 0 bridgehead atoms. The Morgan fingerprint density at radius 3 is 2.54 bits per heavy atom. The molecule has 2 aromatic carbocycles. The molecule has 0 amide bonds. The Hall–Kier alpha value is -1.96. The highest BCUT2D eigenvalue weighted by Crippen LogP contribution is 2.43. The van der Waals surface area contributed by atoms with Crippen LogP contribution < -0.4 is 20.5 Å². The van der Waals surface area contributed by atoms with Gasteiger partial charge in [-0.05, 0) is 38.0 Å². The molecule has 0 aromatic heterocycles. The molecule has 2 unspecified atom stereocenters. The van der Waals surface area contributed by atoms with E-state index < -0.39 is 0 Å². The fourth-order valence-corrected chi connectivity index (χ4v) is 2.88. The number of anilines is 1. The second-order valence-corrected chi connectivity index (χ2v) is 5.98. The summed E-state index contributed by atoms with van der Waals surface area (Å²) in [4.78, 5) is 4.61. The number of ether oxygens (including phenoxy) is 2. The van der Waals surface area contributed by atoms with Crippen LogP contribution in [0.4, 0.5) is 5.69 Å². The highest BCUT2D eigenvalue weighted by atomic mass is 127. The van der Waals surface area contributed by atoms with Gasteiger partial charge in [-0.25, -0.2) is 4.99 Å². The summed E-state index contributed by atoms with van der Waals surface area (Å²) < 4.78 is 11.2. The molecule has 3 N–H and O–H groups in total. The number of halogens is 1. The summed E-state index contributed by atoms with van der Waals surface area (Å²) in [5, 5.41) is 3.16. The lowest BCUT2D eigenvalue weighted by molar-refractivity contribution is 0.332. The lowest BCUT2D eigenvalue weighted by atomic mass is 10.1. The number of rotatable bonds is 7. The van der Waals surface area contributed by atoms with Crippen LogP contribution in [-0.4, -0.2) is 25.2 Å². The first-order valence-electron chi connectivity index (χ1n) is 8.76. The molecule has 3 rings (SSSR count). The van der Waals surface area contributed by atoms with Crippen molar-refractivity contribution in [3.05, 3.63) is 54.1 Å². The van der Waals surface area contributed by atoms with E-state index in [2.05, 4.69) is 34.6 Å². The van der Waals surface area contributed by atoms with Crippen molar-refractivity contribution < 1.29 is 9.47 Å². The molecule has 1 fully saturated rings. The Labute approximate surface area is 172 Å². The summed E-state index contributed by atoms with van der Waals surface area (Å²) in [6.07, 6.45) is 1.03. The van der Waals surface area contributed by atoms with Crippen molar-refractivity contribution in [1.82, 2.24) is 0 Å². The molecule has 0 aliphatic heterocycles. The summed E-state index contributed by atoms with van der Waals surface area (Å²) in [6, 6.07) is 16.3. The van der Waals surface area contributed by atoms with Gasteiger partial charge in [0.15, 0.2) is 5.96 Å².